The van der Waals surface area contributed by atoms with E-state index in [0.29, 0.717) is 5.56 Å². The van der Waals surface area contributed by atoms with Crippen molar-refractivity contribution in [3.8, 4) is 0 Å². The highest BCUT2D eigenvalue weighted by Gasteiger charge is 2.39. The zero-order valence-corrected chi connectivity index (χ0v) is 7.38. The summed E-state index contributed by atoms with van der Waals surface area (Å²) in [6.45, 7) is 1.59. The molecule has 0 bridgehead atoms. The van der Waals surface area contributed by atoms with E-state index in [1.807, 2.05) is 0 Å². The van der Waals surface area contributed by atoms with Crippen LogP contribution in [-0.2, 0) is 6.18 Å². The molecule has 0 aliphatic carbocycles. The Labute approximate surface area is 78.5 Å². The lowest BCUT2D eigenvalue weighted by atomic mass is 10.1. The zero-order valence-electron chi connectivity index (χ0n) is 7.38. The van der Waals surface area contributed by atoms with Gasteiger partial charge in [-0.2, -0.15) is 17.9 Å². The highest BCUT2D eigenvalue weighted by molar-refractivity contribution is 5.14. The summed E-state index contributed by atoms with van der Waals surface area (Å²) >= 11 is 0. The van der Waals surface area contributed by atoms with E-state index in [1.165, 1.54) is 6.07 Å². The molecule has 0 saturated carbocycles. The molecule has 1 aromatic rings. The monoisotopic (exact) mass is 206 g/mol. The number of pyridine rings is 1. The van der Waals surface area contributed by atoms with E-state index in [4.69, 9.17) is 5.73 Å². The van der Waals surface area contributed by atoms with Crippen molar-refractivity contribution >= 4 is 0 Å². The highest BCUT2D eigenvalue weighted by Crippen LogP contribution is 2.26. The van der Waals surface area contributed by atoms with E-state index in [-0.39, 0.29) is 4.73 Å². The van der Waals surface area contributed by atoms with E-state index in [2.05, 4.69) is 0 Å². The fraction of sp³-hybridized carbons (Fsp3) is 0.375. The van der Waals surface area contributed by atoms with E-state index in [1.54, 1.807) is 6.92 Å². The van der Waals surface area contributed by atoms with Crippen LogP contribution in [0.3, 0.4) is 0 Å². The van der Waals surface area contributed by atoms with Gasteiger partial charge in [0.25, 0.3) is 5.69 Å². The van der Waals surface area contributed by atoms with Gasteiger partial charge in [-0.3, -0.25) is 0 Å². The number of nitrogens with two attached hydrogens (primary N) is 1. The summed E-state index contributed by atoms with van der Waals surface area (Å²) in [6.07, 6.45) is -3.79. The molecule has 1 rings (SSSR count). The quantitative estimate of drug-likeness (QED) is 0.557. The van der Waals surface area contributed by atoms with Crippen LogP contribution in [0.2, 0.25) is 0 Å². The van der Waals surface area contributed by atoms with Crippen molar-refractivity contribution in [2.45, 2.75) is 19.1 Å². The maximum absolute atomic E-state index is 12.1. The molecule has 0 aromatic carbocycles. The summed E-state index contributed by atoms with van der Waals surface area (Å²) in [4.78, 5) is 0. The van der Waals surface area contributed by atoms with Crippen LogP contribution < -0.4 is 10.5 Å². The minimum absolute atomic E-state index is 0.210. The third-order valence-corrected chi connectivity index (χ3v) is 1.75. The lowest BCUT2D eigenvalue weighted by Gasteiger charge is -2.10. The SMILES string of the molecule is CC(N)c1ccc(C(F)(F)F)[n+]([O-])c1. The molecule has 0 fully saturated rings. The first kappa shape index (κ1) is 10.8. The van der Waals surface area contributed by atoms with E-state index < -0.39 is 17.9 Å². The fourth-order valence-corrected chi connectivity index (χ4v) is 0.985. The summed E-state index contributed by atoms with van der Waals surface area (Å²) in [6, 6.07) is 1.46. The van der Waals surface area contributed by atoms with Crippen molar-refractivity contribution in [1.82, 2.24) is 0 Å². The first-order valence-corrected chi connectivity index (χ1v) is 3.88. The number of hydrogen-bond donors (Lipinski definition) is 1. The van der Waals surface area contributed by atoms with Gasteiger partial charge in [-0.1, -0.05) is 0 Å². The van der Waals surface area contributed by atoms with Gasteiger partial charge in [0, 0.05) is 17.7 Å². The van der Waals surface area contributed by atoms with Gasteiger partial charge in [-0.15, -0.1) is 0 Å². The minimum Gasteiger partial charge on any atom is -0.618 e. The smallest absolute Gasteiger partial charge is 0.478 e. The Morgan fingerprint density at radius 2 is 2.00 bits per heavy atom. The van der Waals surface area contributed by atoms with E-state index >= 15 is 0 Å². The largest absolute Gasteiger partial charge is 0.618 e. The Morgan fingerprint density at radius 1 is 1.43 bits per heavy atom. The van der Waals surface area contributed by atoms with Gasteiger partial charge in [-0.05, 0) is 13.0 Å². The van der Waals surface area contributed by atoms with Gasteiger partial charge in [0.1, 0.15) is 0 Å². The second-order valence-electron chi connectivity index (χ2n) is 2.96. The first-order valence-electron chi connectivity index (χ1n) is 3.88. The number of rotatable bonds is 1. The van der Waals surface area contributed by atoms with Crippen LogP contribution in [-0.4, -0.2) is 0 Å². The summed E-state index contributed by atoms with van der Waals surface area (Å²) in [5.74, 6) is 0. The van der Waals surface area contributed by atoms with Crippen LogP contribution in [0.5, 0.6) is 0 Å². The van der Waals surface area contributed by atoms with Gasteiger partial charge in [0.15, 0.2) is 6.20 Å². The van der Waals surface area contributed by atoms with Gasteiger partial charge in [0.2, 0.25) is 0 Å². The van der Waals surface area contributed by atoms with Crippen LogP contribution in [0.1, 0.15) is 24.2 Å². The molecule has 6 heteroatoms. The molecule has 1 atom stereocenters. The molecule has 1 aromatic heterocycles. The first-order chi connectivity index (χ1) is 6.32. The highest BCUT2D eigenvalue weighted by atomic mass is 19.4. The van der Waals surface area contributed by atoms with Gasteiger partial charge in [-0.25, -0.2) is 0 Å². The Hall–Kier alpha value is -1.30. The topological polar surface area (TPSA) is 53.0 Å². The standard InChI is InChI=1S/C8H9F3N2O/c1-5(12)6-2-3-7(8(9,10)11)13(14)4-6/h2-5H,12H2,1H3. The van der Waals surface area contributed by atoms with Crippen molar-refractivity contribution in [2.24, 2.45) is 5.73 Å². The van der Waals surface area contributed by atoms with E-state index in [9.17, 15) is 18.4 Å². The average molecular weight is 206 g/mol. The Kier molecular flexibility index (Phi) is 2.66. The maximum atomic E-state index is 12.1. The van der Waals surface area contributed by atoms with Crippen molar-refractivity contribution in [2.75, 3.05) is 0 Å². The van der Waals surface area contributed by atoms with Gasteiger partial charge < -0.3 is 10.9 Å². The lowest BCUT2D eigenvalue weighted by Crippen LogP contribution is -2.37. The summed E-state index contributed by atoms with van der Waals surface area (Å²) in [7, 11) is 0. The molecule has 1 unspecified atom stereocenters. The molecule has 0 saturated heterocycles. The molecule has 78 valence electrons. The van der Waals surface area contributed by atoms with Crippen molar-refractivity contribution in [3.05, 3.63) is 34.8 Å². The second kappa shape index (κ2) is 3.45. The third-order valence-electron chi connectivity index (χ3n) is 1.75. The number of nitrogens with zero attached hydrogens (tertiary/aromatic N) is 1. The zero-order chi connectivity index (χ0) is 10.9. The molecule has 3 nitrogen and oxygen atoms in total. The van der Waals surface area contributed by atoms with E-state index in [0.717, 1.165) is 12.3 Å². The molecule has 0 amide bonds. The van der Waals surface area contributed by atoms with Gasteiger partial charge in [0.05, 0.1) is 0 Å². The Balaban J connectivity index is 3.15. The number of hydrogen-bond acceptors (Lipinski definition) is 2. The van der Waals surface area contributed by atoms with Crippen LogP contribution in [0.15, 0.2) is 18.3 Å². The molecular formula is C8H9F3N2O. The molecule has 0 aliphatic heterocycles. The van der Waals surface area contributed by atoms with Crippen LogP contribution in [0, 0.1) is 5.21 Å². The molecule has 0 spiro atoms. The van der Waals surface area contributed by atoms with Crippen LogP contribution in [0.25, 0.3) is 0 Å². The third kappa shape index (κ3) is 2.14. The summed E-state index contributed by atoms with van der Waals surface area (Å²) < 4.78 is 36.2. The van der Waals surface area contributed by atoms with Crippen LogP contribution >= 0.6 is 0 Å². The van der Waals surface area contributed by atoms with Crippen LogP contribution in [0.4, 0.5) is 13.2 Å². The molecule has 2 N–H and O–H groups in total. The van der Waals surface area contributed by atoms with Crippen molar-refractivity contribution < 1.29 is 17.9 Å². The molecule has 14 heavy (non-hydrogen) atoms. The Morgan fingerprint density at radius 3 is 2.36 bits per heavy atom. The predicted octanol–water partition coefficient (Wildman–Crippen LogP) is 1.36. The maximum Gasteiger partial charge on any atom is 0.478 e. The fourth-order valence-electron chi connectivity index (χ4n) is 0.985. The normalized spacial score (nSPS) is 14.1. The molecular weight excluding hydrogens is 197 g/mol. The number of halogens is 3. The molecule has 0 radical (unpaired) electrons. The summed E-state index contributed by atoms with van der Waals surface area (Å²) in [5.41, 5.74) is 4.54. The second-order valence-corrected chi connectivity index (χ2v) is 2.96. The molecule has 1 heterocycles. The predicted molar refractivity (Wildman–Crippen MR) is 43.0 cm³/mol. The van der Waals surface area contributed by atoms with Crippen molar-refractivity contribution in [3.63, 3.8) is 0 Å². The summed E-state index contributed by atoms with van der Waals surface area (Å²) in [5, 5.41) is 10.9. The molecule has 0 aliphatic rings. The van der Waals surface area contributed by atoms with Gasteiger partial charge >= 0.3 is 6.18 Å². The Bertz CT molecular complexity index is 336. The van der Waals surface area contributed by atoms with Crippen molar-refractivity contribution in [1.29, 1.82) is 0 Å². The lowest BCUT2D eigenvalue weighted by molar-refractivity contribution is -0.629. The minimum atomic E-state index is -4.63. The number of aromatic nitrogens is 1. The average Bonchev–Trinajstić information content (AvgIpc) is 2.01. The number of alkyl halides is 3.